The highest BCUT2D eigenvalue weighted by molar-refractivity contribution is 5.94. The molecule has 0 aromatic heterocycles. The van der Waals surface area contributed by atoms with Crippen molar-refractivity contribution in [3.8, 4) is 0 Å². The lowest BCUT2D eigenvalue weighted by molar-refractivity contribution is -0.225. The normalized spacial score (nSPS) is 23.9. The van der Waals surface area contributed by atoms with Gasteiger partial charge in [0.2, 0.25) is 12.3 Å². The van der Waals surface area contributed by atoms with Crippen molar-refractivity contribution >= 4 is 23.2 Å². The summed E-state index contributed by atoms with van der Waals surface area (Å²) < 4.78 is 66.9. The van der Waals surface area contributed by atoms with Crippen molar-refractivity contribution < 1.29 is 37.0 Å². The molecule has 1 aliphatic carbocycles. The zero-order valence-corrected chi connectivity index (χ0v) is 34.3. The van der Waals surface area contributed by atoms with E-state index in [2.05, 4.69) is 29.8 Å². The molecule has 0 radical (unpaired) electrons. The number of piperidine rings is 1. The van der Waals surface area contributed by atoms with Crippen LogP contribution in [0.1, 0.15) is 119 Å². The first-order valence-electron chi connectivity index (χ1n) is 21.5. The maximum atomic E-state index is 15.2. The van der Waals surface area contributed by atoms with Gasteiger partial charge in [0, 0.05) is 81.4 Å². The predicted octanol–water partition coefficient (Wildman–Crippen LogP) is 8.37. The van der Waals surface area contributed by atoms with E-state index in [1.165, 1.54) is 32.6 Å². The van der Waals surface area contributed by atoms with Gasteiger partial charge in [-0.3, -0.25) is 19.4 Å². The molecule has 320 valence electrons. The van der Waals surface area contributed by atoms with Crippen LogP contribution in [0.2, 0.25) is 0 Å². The van der Waals surface area contributed by atoms with Gasteiger partial charge >= 0.3 is 0 Å². The number of alkyl halides is 4. The SMILES string of the molecule is C=CC(F)(F)c1cc(C[C@@H](OC(O)N2CCC(CCC3CC(=O)Nc4ccccc43)CC2)C(=O)N2CCN(C3CCC(CCC)CC3)CC2)cc(C(F)(F)CC)c1N. The van der Waals surface area contributed by atoms with Gasteiger partial charge in [0.1, 0.15) is 6.10 Å². The number of carbonyl (C=O) groups excluding carboxylic acids is 2. The molecule has 2 aromatic carbocycles. The van der Waals surface area contributed by atoms with Crippen LogP contribution < -0.4 is 11.1 Å². The third-order valence-corrected chi connectivity index (χ3v) is 13.3. The van der Waals surface area contributed by atoms with E-state index in [0.29, 0.717) is 63.7 Å². The van der Waals surface area contributed by atoms with Crippen LogP contribution in [0.4, 0.5) is 28.9 Å². The summed E-state index contributed by atoms with van der Waals surface area (Å²) in [4.78, 5) is 32.6. The molecule has 3 fully saturated rings. The number of aliphatic hydroxyl groups is 1. The smallest absolute Gasteiger partial charge is 0.293 e. The van der Waals surface area contributed by atoms with E-state index >= 15 is 17.6 Å². The summed E-state index contributed by atoms with van der Waals surface area (Å²) in [6.45, 7) is 9.90. The third kappa shape index (κ3) is 10.4. The first-order chi connectivity index (χ1) is 27.7. The summed E-state index contributed by atoms with van der Waals surface area (Å²) in [7, 11) is 0. The van der Waals surface area contributed by atoms with Crippen LogP contribution in [-0.2, 0) is 32.6 Å². The highest BCUT2D eigenvalue weighted by atomic mass is 19.3. The number of hydrogen-bond acceptors (Lipinski definition) is 7. The van der Waals surface area contributed by atoms with E-state index in [4.69, 9.17) is 10.5 Å². The second kappa shape index (κ2) is 19.2. The predicted molar refractivity (Wildman–Crippen MR) is 218 cm³/mol. The van der Waals surface area contributed by atoms with Gasteiger partial charge in [-0.25, -0.2) is 8.78 Å². The van der Waals surface area contributed by atoms with E-state index in [9.17, 15) is 14.7 Å². The van der Waals surface area contributed by atoms with Crippen LogP contribution in [0.25, 0.3) is 0 Å². The number of amides is 2. The minimum Gasteiger partial charge on any atom is -0.398 e. The fourth-order valence-corrected chi connectivity index (χ4v) is 9.73. The fourth-order valence-electron chi connectivity index (χ4n) is 9.73. The Bertz CT molecular complexity index is 1720. The lowest BCUT2D eigenvalue weighted by atomic mass is 9.82. The standard InChI is InChI=1S/C45H63F4N5O4/c1-4-9-30-13-16-34(17-14-30)52-22-24-53(25-23-52)42(56)39(28-32-26-36(44(46,47)5-2)41(50)37(27-32)45(48,49)6-3)58-43(57)54-20-18-31(19-21-54)12-15-33-29-40(55)51-38-11-8-7-10-35(33)38/h5,7-8,10-11,26-27,30-31,33-34,39,43,57H,2,4,6,9,12-25,28-29,50H2,1,3H3,(H,51,55)/t30?,33?,34?,39-,43?/m1/s1. The number of piperazine rings is 1. The summed E-state index contributed by atoms with van der Waals surface area (Å²) in [5.41, 5.74) is 5.76. The highest BCUT2D eigenvalue weighted by Crippen LogP contribution is 2.43. The Morgan fingerprint density at radius 1 is 0.948 bits per heavy atom. The maximum absolute atomic E-state index is 15.2. The molecule has 4 aliphatic rings. The van der Waals surface area contributed by atoms with Crippen molar-refractivity contribution in [1.82, 2.24) is 14.7 Å². The molecular formula is C45H63F4N5O4. The Morgan fingerprint density at radius 2 is 1.60 bits per heavy atom. The van der Waals surface area contributed by atoms with Crippen molar-refractivity contribution in [2.24, 2.45) is 11.8 Å². The van der Waals surface area contributed by atoms with E-state index in [0.717, 1.165) is 67.8 Å². The van der Waals surface area contributed by atoms with Crippen molar-refractivity contribution in [1.29, 1.82) is 0 Å². The molecule has 3 heterocycles. The number of anilines is 2. The van der Waals surface area contributed by atoms with E-state index < -0.39 is 53.5 Å². The number of nitrogens with two attached hydrogens (primary N) is 1. The number of aliphatic hydroxyl groups excluding tert-OH is 1. The number of rotatable bonds is 16. The molecule has 2 amide bonds. The van der Waals surface area contributed by atoms with Crippen LogP contribution in [0.15, 0.2) is 49.1 Å². The lowest BCUT2D eigenvalue weighted by Gasteiger charge is -2.43. The molecule has 4 N–H and O–H groups in total. The van der Waals surface area contributed by atoms with Crippen LogP contribution >= 0.6 is 0 Å². The average Bonchev–Trinajstić information content (AvgIpc) is 3.23. The molecule has 2 aromatic rings. The fraction of sp³-hybridized carbons (Fsp3) is 0.644. The van der Waals surface area contributed by atoms with Crippen molar-refractivity contribution in [2.45, 2.75) is 134 Å². The van der Waals surface area contributed by atoms with Crippen molar-refractivity contribution in [3.05, 3.63) is 71.3 Å². The number of para-hydroxylation sites is 1. The number of fused-ring (bicyclic) bond motifs is 1. The first kappa shape index (κ1) is 44.0. The Kier molecular flexibility index (Phi) is 14.6. The number of halogens is 4. The molecule has 0 spiro atoms. The van der Waals surface area contributed by atoms with Crippen LogP contribution in [0, 0.1) is 11.8 Å². The number of carbonyl (C=O) groups is 2. The Hall–Kier alpha value is -3.52. The molecule has 1 saturated carbocycles. The van der Waals surface area contributed by atoms with Gasteiger partial charge in [-0.2, -0.15) is 8.78 Å². The quantitative estimate of drug-likeness (QED) is 0.0677. The molecule has 58 heavy (non-hydrogen) atoms. The van der Waals surface area contributed by atoms with Crippen LogP contribution in [0.5, 0.6) is 0 Å². The zero-order chi connectivity index (χ0) is 41.6. The lowest BCUT2D eigenvalue weighted by Crippen LogP contribution is -2.56. The van der Waals surface area contributed by atoms with Crippen molar-refractivity contribution in [3.63, 3.8) is 0 Å². The summed E-state index contributed by atoms with van der Waals surface area (Å²) in [5.74, 6) is -6.32. The Balaban J connectivity index is 1.14. The number of benzene rings is 2. The molecule has 0 bridgehead atoms. The number of likely N-dealkylation sites (tertiary alicyclic amines) is 1. The van der Waals surface area contributed by atoms with Crippen LogP contribution in [0.3, 0.4) is 0 Å². The molecule has 3 atom stereocenters. The van der Waals surface area contributed by atoms with Gasteiger partial charge in [0.15, 0.2) is 0 Å². The minimum atomic E-state index is -3.71. The van der Waals surface area contributed by atoms with Crippen molar-refractivity contribution in [2.75, 3.05) is 50.3 Å². The number of nitrogens with zero attached hydrogens (tertiary/aromatic N) is 3. The molecule has 13 heteroatoms. The number of nitrogens with one attached hydrogen (secondary N) is 1. The van der Waals surface area contributed by atoms with Gasteiger partial charge in [0.05, 0.1) is 5.69 Å². The van der Waals surface area contributed by atoms with E-state index in [1.807, 2.05) is 18.2 Å². The summed E-state index contributed by atoms with van der Waals surface area (Å²) in [5, 5.41) is 14.5. The summed E-state index contributed by atoms with van der Waals surface area (Å²) in [6, 6.07) is 10.5. The van der Waals surface area contributed by atoms with E-state index in [1.54, 1.807) is 9.80 Å². The van der Waals surface area contributed by atoms with Gasteiger partial charge in [-0.05, 0) is 105 Å². The Labute approximate surface area is 341 Å². The second-order valence-corrected chi connectivity index (χ2v) is 17.1. The maximum Gasteiger partial charge on any atom is 0.293 e. The largest absolute Gasteiger partial charge is 0.398 e. The number of allylic oxidation sites excluding steroid dienone is 1. The second-order valence-electron chi connectivity index (χ2n) is 17.1. The monoisotopic (exact) mass is 813 g/mol. The van der Waals surface area contributed by atoms with Gasteiger partial charge in [0.25, 0.3) is 17.8 Å². The number of nitrogen functional groups attached to an aromatic ring is 1. The highest BCUT2D eigenvalue weighted by Gasteiger charge is 2.40. The molecular weight excluding hydrogens is 751 g/mol. The molecule has 9 nitrogen and oxygen atoms in total. The number of hydrogen-bond donors (Lipinski definition) is 3. The molecule has 3 aliphatic heterocycles. The zero-order valence-electron chi connectivity index (χ0n) is 34.3. The van der Waals surface area contributed by atoms with Gasteiger partial charge in [-0.15, -0.1) is 0 Å². The Morgan fingerprint density at radius 3 is 2.26 bits per heavy atom. The summed E-state index contributed by atoms with van der Waals surface area (Å²) >= 11 is 0. The van der Waals surface area contributed by atoms with Gasteiger partial charge in [-0.1, -0.05) is 51.5 Å². The molecule has 6 rings (SSSR count). The third-order valence-electron chi connectivity index (χ3n) is 13.3. The summed E-state index contributed by atoms with van der Waals surface area (Å²) in [6.07, 6.45) is 7.50. The van der Waals surface area contributed by atoms with Crippen LogP contribution in [-0.4, -0.2) is 89.4 Å². The average molecular weight is 814 g/mol. The first-order valence-corrected chi connectivity index (χ1v) is 21.5. The molecule has 2 saturated heterocycles. The topological polar surface area (TPSA) is 111 Å². The molecule has 2 unspecified atom stereocenters. The minimum absolute atomic E-state index is 0.0226. The number of ether oxygens (including phenoxy) is 1. The van der Waals surface area contributed by atoms with Gasteiger partial charge < -0.3 is 25.8 Å². The van der Waals surface area contributed by atoms with E-state index in [-0.39, 0.29) is 23.8 Å².